The van der Waals surface area contributed by atoms with Crippen LogP contribution in [0.25, 0.3) is 0 Å². The topological polar surface area (TPSA) is 42.1 Å². The van der Waals surface area contributed by atoms with Crippen molar-refractivity contribution in [1.82, 2.24) is 0 Å². The average molecular weight is 379 g/mol. The lowest BCUT2D eigenvalue weighted by Gasteiger charge is -2.28. The Morgan fingerprint density at radius 2 is 1.78 bits per heavy atom. The number of aromatic amines is 1. The summed E-state index contributed by atoms with van der Waals surface area (Å²) in [4.78, 5) is 6.23. The number of alkyl halides is 3. The summed E-state index contributed by atoms with van der Waals surface area (Å²) in [5.74, 6) is 1.10. The SMILES string of the molecule is Oc1cc2c(cc1C[NH+]1CCN(c3ccc(C(F)(F)F)c[nH+]3)CC1)CCC2. The molecule has 4 nitrogen and oxygen atoms in total. The zero-order chi connectivity index (χ0) is 19.0. The number of aromatic hydroxyl groups is 1. The first-order valence-corrected chi connectivity index (χ1v) is 9.41. The molecule has 1 aliphatic carbocycles. The Hall–Kier alpha value is -2.28. The molecule has 1 saturated heterocycles. The summed E-state index contributed by atoms with van der Waals surface area (Å²) in [7, 11) is 0. The Morgan fingerprint density at radius 1 is 1.07 bits per heavy atom. The van der Waals surface area contributed by atoms with E-state index >= 15 is 0 Å². The van der Waals surface area contributed by atoms with Gasteiger partial charge in [-0.1, -0.05) is 0 Å². The van der Waals surface area contributed by atoms with Gasteiger partial charge in [-0.2, -0.15) is 13.2 Å². The third kappa shape index (κ3) is 3.88. The Labute approximate surface area is 156 Å². The van der Waals surface area contributed by atoms with Crippen molar-refractivity contribution in [1.29, 1.82) is 0 Å². The monoisotopic (exact) mass is 379 g/mol. The highest BCUT2D eigenvalue weighted by Crippen LogP contribution is 2.29. The van der Waals surface area contributed by atoms with E-state index in [1.807, 2.05) is 6.07 Å². The van der Waals surface area contributed by atoms with E-state index in [4.69, 9.17) is 0 Å². The van der Waals surface area contributed by atoms with Crippen LogP contribution in [0.15, 0.2) is 30.5 Å². The van der Waals surface area contributed by atoms with E-state index in [2.05, 4.69) is 16.0 Å². The molecule has 2 heterocycles. The molecule has 1 aliphatic heterocycles. The Kier molecular flexibility index (Phi) is 4.72. The van der Waals surface area contributed by atoms with Crippen LogP contribution < -0.4 is 14.8 Å². The number of hydrogen-bond donors (Lipinski definition) is 2. The van der Waals surface area contributed by atoms with E-state index in [0.717, 1.165) is 69.8 Å². The Balaban J connectivity index is 1.37. The van der Waals surface area contributed by atoms with Crippen molar-refractivity contribution in [2.45, 2.75) is 32.0 Å². The number of rotatable bonds is 3. The van der Waals surface area contributed by atoms with Crippen LogP contribution >= 0.6 is 0 Å². The van der Waals surface area contributed by atoms with E-state index in [1.54, 1.807) is 0 Å². The number of fused-ring (bicyclic) bond motifs is 1. The fraction of sp³-hybridized carbons (Fsp3) is 0.450. The van der Waals surface area contributed by atoms with Crippen molar-refractivity contribution >= 4 is 5.82 Å². The van der Waals surface area contributed by atoms with Gasteiger partial charge in [0.05, 0.1) is 5.56 Å². The van der Waals surface area contributed by atoms with Crippen LogP contribution in [0, 0.1) is 0 Å². The summed E-state index contributed by atoms with van der Waals surface area (Å²) >= 11 is 0. The predicted octanol–water partition coefficient (Wildman–Crippen LogP) is 1.62. The van der Waals surface area contributed by atoms with Crippen LogP contribution in [0.2, 0.25) is 0 Å². The van der Waals surface area contributed by atoms with Crippen molar-refractivity contribution in [3.8, 4) is 5.75 Å². The van der Waals surface area contributed by atoms with Crippen LogP contribution in [0.4, 0.5) is 19.0 Å². The number of benzene rings is 1. The number of hydrogen-bond acceptors (Lipinski definition) is 2. The molecule has 7 heteroatoms. The zero-order valence-electron chi connectivity index (χ0n) is 15.1. The maximum atomic E-state index is 12.7. The molecule has 1 aromatic carbocycles. The maximum absolute atomic E-state index is 12.7. The van der Waals surface area contributed by atoms with Gasteiger partial charge in [-0.15, -0.1) is 0 Å². The van der Waals surface area contributed by atoms with Crippen LogP contribution in [-0.2, 0) is 25.6 Å². The molecule has 0 atom stereocenters. The van der Waals surface area contributed by atoms with Crippen molar-refractivity contribution < 1.29 is 28.2 Å². The molecule has 0 radical (unpaired) electrons. The van der Waals surface area contributed by atoms with E-state index in [1.165, 1.54) is 22.1 Å². The van der Waals surface area contributed by atoms with Gasteiger partial charge in [-0.25, -0.2) is 4.98 Å². The smallest absolute Gasteiger partial charge is 0.419 e. The lowest BCUT2D eigenvalue weighted by Crippen LogP contribution is -3.13. The Bertz CT molecular complexity index is 812. The number of nitrogens with zero attached hydrogens (tertiary/aromatic N) is 1. The van der Waals surface area contributed by atoms with Gasteiger partial charge in [0.25, 0.3) is 5.82 Å². The molecule has 1 aromatic heterocycles. The van der Waals surface area contributed by atoms with E-state index in [-0.39, 0.29) is 0 Å². The highest BCUT2D eigenvalue weighted by Gasteiger charge is 2.33. The van der Waals surface area contributed by atoms with E-state index in [9.17, 15) is 18.3 Å². The van der Waals surface area contributed by atoms with Crippen LogP contribution in [0.5, 0.6) is 5.75 Å². The zero-order valence-corrected chi connectivity index (χ0v) is 15.1. The van der Waals surface area contributed by atoms with Gasteiger partial charge in [0.2, 0.25) is 0 Å². The number of nitrogens with one attached hydrogen (secondary N) is 2. The number of aryl methyl sites for hydroxylation is 2. The van der Waals surface area contributed by atoms with E-state index in [0.29, 0.717) is 11.6 Å². The van der Waals surface area contributed by atoms with Crippen molar-refractivity contribution in [2.24, 2.45) is 0 Å². The van der Waals surface area contributed by atoms with Crippen molar-refractivity contribution in [3.05, 3.63) is 52.7 Å². The van der Waals surface area contributed by atoms with Gasteiger partial charge in [0.1, 0.15) is 44.7 Å². The van der Waals surface area contributed by atoms with Gasteiger partial charge in [0, 0.05) is 11.6 Å². The van der Waals surface area contributed by atoms with Crippen molar-refractivity contribution in [2.75, 3.05) is 31.1 Å². The van der Waals surface area contributed by atoms with E-state index < -0.39 is 11.7 Å². The number of phenolic OH excluding ortho intramolecular Hbond substituents is 1. The first kappa shape index (κ1) is 18.1. The maximum Gasteiger partial charge on any atom is 0.419 e. The second-order valence-electron chi connectivity index (χ2n) is 7.48. The number of phenols is 1. The van der Waals surface area contributed by atoms with Gasteiger partial charge >= 0.3 is 6.18 Å². The fourth-order valence-corrected chi connectivity index (χ4v) is 4.10. The second-order valence-corrected chi connectivity index (χ2v) is 7.48. The second kappa shape index (κ2) is 7.03. The first-order chi connectivity index (χ1) is 12.9. The average Bonchev–Trinajstić information content (AvgIpc) is 3.09. The molecule has 1 fully saturated rings. The molecule has 0 unspecified atom stereocenters. The largest absolute Gasteiger partial charge is 0.507 e. The predicted molar refractivity (Wildman–Crippen MR) is 94.7 cm³/mol. The molecule has 2 aromatic rings. The summed E-state index contributed by atoms with van der Waals surface area (Å²) in [6.07, 6.45) is 0.00802. The molecule has 27 heavy (non-hydrogen) atoms. The molecule has 0 amide bonds. The Morgan fingerprint density at radius 3 is 2.41 bits per heavy atom. The summed E-state index contributed by atoms with van der Waals surface area (Å²) in [5, 5.41) is 10.3. The van der Waals surface area contributed by atoms with Gasteiger partial charge in [0.15, 0.2) is 0 Å². The number of anilines is 1. The number of halogens is 3. The van der Waals surface area contributed by atoms with Crippen molar-refractivity contribution in [3.63, 3.8) is 0 Å². The highest BCUT2D eigenvalue weighted by molar-refractivity contribution is 5.43. The molecule has 3 N–H and O–H groups in total. The summed E-state index contributed by atoms with van der Waals surface area (Å²) < 4.78 is 38.0. The molecule has 0 saturated carbocycles. The minimum atomic E-state index is -4.32. The molecule has 0 bridgehead atoms. The number of quaternary nitrogens is 1. The lowest BCUT2D eigenvalue weighted by atomic mass is 10.0. The minimum Gasteiger partial charge on any atom is -0.507 e. The van der Waals surface area contributed by atoms with Crippen LogP contribution in [-0.4, -0.2) is 31.3 Å². The number of pyridine rings is 1. The number of H-pyrrole nitrogens is 1. The first-order valence-electron chi connectivity index (χ1n) is 9.41. The molecular formula is C20H24F3N3O+2. The highest BCUT2D eigenvalue weighted by atomic mass is 19.4. The van der Waals surface area contributed by atoms with Gasteiger partial charge in [-0.3, -0.25) is 4.90 Å². The van der Waals surface area contributed by atoms with Gasteiger partial charge < -0.3 is 10.0 Å². The summed E-state index contributed by atoms with van der Waals surface area (Å²) in [5.41, 5.74) is 2.97. The number of piperazine rings is 1. The van der Waals surface area contributed by atoms with Crippen LogP contribution in [0.1, 0.15) is 28.7 Å². The third-order valence-electron chi connectivity index (χ3n) is 5.67. The summed E-state index contributed by atoms with van der Waals surface area (Å²) in [6, 6.07) is 6.69. The lowest BCUT2D eigenvalue weighted by molar-refractivity contribution is -0.914. The molecule has 0 spiro atoms. The van der Waals surface area contributed by atoms with Gasteiger partial charge in [-0.05, 0) is 48.6 Å². The third-order valence-corrected chi connectivity index (χ3v) is 5.67. The quantitative estimate of drug-likeness (QED) is 0.851. The minimum absolute atomic E-state index is 0.390. The molecule has 2 aliphatic rings. The van der Waals surface area contributed by atoms with Crippen LogP contribution in [0.3, 0.4) is 0 Å². The molecular weight excluding hydrogens is 355 g/mol. The number of aromatic nitrogens is 1. The molecule has 4 rings (SSSR count). The fourth-order valence-electron chi connectivity index (χ4n) is 4.10. The summed E-state index contributed by atoms with van der Waals surface area (Å²) in [6.45, 7) is 4.08. The normalized spacial score (nSPS) is 18.0. The standard InChI is InChI=1S/C20H22F3N3O/c21-20(22,23)17-4-5-19(24-12-17)26-8-6-25(7-9-26)13-16-10-14-2-1-3-15(14)11-18(16)27/h4-5,10-12,27H,1-3,6-9,13H2/p+2. The molecule has 144 valence electrons.